The van der Waals surface area contributed by atoms with Gasteiger partial charge in [-0.05, 0) is 50.3 Å². The molecule has 2 rings (SSSR count). The summed E-state index contributed by atoms with van der Waals surface area (Å²) in [6.07, 6.45) is 6.69. The molecule has 0 spiro atoms. The van der Waals surface area contributed by atoms with E-state index in [0.29, 0.717) is 12.5 Å². The highest BCUT2D eigenvalue weighted by Gasteiger charge is 2.15. The third-order valence-corrected chi connectivity index (χ3v) is 3.51. The zero-order valence-corrected chi connectivity index (χ0v) is 11.3. The maximum absolute atomic E-state index is 5.93. The quantitative estimate of drug-likeness (QED) is 0.775. The van der Waals surface area contributed by atoms with Gasteiger partial charge >= 0.3 is 0 Å². The molecule has 1 aromatic rings. The van der Waals surface area contributed by atoms with Crippen LogP contribution in [0.3, 0.4) is 0 Å². The number of hydrogen-bond donors (Lipinski definition) is 0. The molecule has 0 N–H and O–H groups in total. The van der Waals surface area contributed by atoms with E-state index < -0.39 is 0 Å². The van der Waals surface area contributed by atoms with Gasteiger partial charge in [-0.15, -0.1) is 0 Å². The van der Waals surface area contributed by atoms with Gasteiger partial charge in [-0.2, -0.15) is 0 Å². The van der Waals surface area contributed by atoms with Crippen LogP contribution in [0.15, 0.2) is 18.2 Å². The molecule has 0 aliphatic heterocycles. The molecule has 0 bridgehead atoms. The van der Waals surface area contributed by atoms with Crippen molar-refractivity contribution < 1.29 is 9.47 Å². The Balaban J connectivity index is 1.94. The monoisotopic (exact) mass is 247 g/mol. The normalized spacial score (nSPS) is 16.6. The van der Waals surface area contributed by atoms with Gasteiger partial charge in [-0.25, -0.2) is 0 Å². The van der Waals surface area contributed by atoms with E-state index in [2.05, 4.69) is 6.92 Å². The summed E-state index contributed by atoms with van der Waals surface area (Å²) < 4.78 is 11.5. The van der Waals surface area contributed by atoms with Crippen LogP contribution in [0, 0.1) is 12.8 Å². The van der Waals surface area contributed by atoms with Crippen LogP contribution < -0.4 is 9.47 Å². The van der Waals surface area contributed by atoms with Crippen LogP contribution >= 0.6 is 0 Å². The predicted molar refractivity (Wildman–Crippen MR) is 74.1 cm³/mol. The standard InChI is InChI=1S/C16H23O2/c1-3-17-16-11-13(2)9-10-15(16)18-12-14-7-5-4-6-8-14/h9-11,14H,2-8,12H2,1H3. The zero-order chi connectivity index (χ0) is 12.8. The molecule has 1 aliphatic carbocycles. The van der Waals surface area contributed by atoms with Crippen molar-refractivity contribution in [1.82, 2.24) is 0 Å². The molecule has 1 radical (unpaired) electrons. The van der Waals surface area contributed by atoms with Gasteiger partial charge in [0.1, 0.15) is 0 Å². The number of ether oxygens (including phenoxy) is 2. The molecule has 2 heteroatoms. The molecule has 0 aromatic heterocycles. The molecular formula is C16H23O2. The maximum Gasteiger partial charge on any atom is 0.161 e. The van der Waals surface area contributed by atoms with E-state index in [1.165, 1.54) is 32.1 Å². The summed E-state index contributed by atoms with van der Waals surface area (Å²) >= 11 is 0. The molecule has 0 amide bonds. The largest absolute Gasteiger partial charge is 0.490 e. The summed E-state index contributed by atoms with van der Waals surface area (Å²) in [5.41, 5.74) is 0.962. The Morgan fingerprint density at radius 1 is 1.11 bits per heavy atom. The highest BCUT2D eigenvalue weighted by atomic mass is 16.5. The molecule has 2 nitrogen and oxygen atoms in total. The lowest BCUT2D eigenvalue weighted by Crippen LogP contribution is -2.15. The Morgan fingerprint density at radius 2 is 1.89 bits per heavy atom. The fourth-order valence-electron chi connectivity index (χ4n) is 2.50. The van der Waals surface area contributed by atoms with Gasteiger partial charge < -0.3 is 9.47 Å². The molecule has 0 atom stereocenters. The van der Waals surface area contributed by atoms with Crippen LogP contribution in [0.4, 0.5) is 0 Å². The average Bonchev–Trinajstić information content (AvgIpc) is 2.39. The third kappa shape index (κ3) is 3.66. The Kier molecular flexibility index (Phi) is 4.91. The summed E-state index contributed by atoms with van der Waals surface area (Å²) in [6.45, 7) is 7.38. The Bertz CT molecular complexity index is 367. The second-order valence-corrected chi connectivity index (χ2v) is 5.03. The fourth-order valence-corrected chi connectivity index (χ4v) is 2.50. The van der Waals surface area contributed by atoms with Crippen molar-refractivity contribution in [1.29, 1.82) is 0 Å². The minimum Gasteiger partial charge on any atom is -0.490 e. The van der Waals surface area contributed by atoms with Gasteiger partial charge in [0.2, 0.25) is 0 Å². The van der Waals surface area contributed by atoms with Crippen molar-refractivity contribution in [3.63, 3.8) is 0 Å². The Labute approximate surface area is 110 Å². The van der Waals surface area contributed by atoms with Gasteiger partial charge in [0.15, 0.2) is 11.5 Å². The molecule has 0 unspecified atom stereocenters. The minimum absolute atomic E-state index is 0.656. The van der Waals surface area contributed by atoms with Gasteiger partial charge in [-0.3, -0.25) is 0 Å². The smallest absolute Gasteiger partial charge is 0.161 e. The molecule has 1 aromatic carbocycles. The lowest BCUT2D eigenvalue weighted by atomic mass is 9.90. The molecule has 1 fully saturated rings. The van der Waals surface area contributed by atoms with E-state index in [1.54, 1.807) is 0 Å². The van der Waals surface area contributed by atoms with Crippen LogP contribution in [-0.4, -0.2) is 13.2 Å². The SMILES string of the molecule is [CH2]c1ccc(OCC2CCCCC2)c(OCC)c1. The topological polar surface area (TPSA) is 18.5 Å². The molecule has 0 saturated heterocycles. The van der Waals surface area contributed by atoms with Gasteiger partial charge in [-0.1, -0.05) is 25.3 Å². The zero-order valence-electron chi connectivity index (χ0n) is 11.3. The van der Waals surface area contributed by atoms with Gasteiger partial charge in [0.25, 0.3) is 0 Å². The third-order valence-electron chi connectivity index (χ3n) is 3.51. The van der Waals surface area contributed by atoms with Gasteiger partial charge in [0.05, 0.1) is 13.2 Å². The lowest BCUT2D eigenvalue weighted by Gasteiger charge is -2.22. The summed E-state index contributed by atoms with van der Waals surface area (Å²) in [5.74, 6) is 2.39. The molecule has 0 heterocycles. The summed E-state index contributed by atoms with van der Waals surface area (Å²) in [5, 5.41) is 0. The summed E-state index contributed by atoms with van der Waals surface area (Å²) in [6, 6.07) is 5.88. The second-order valence-electron chi connectivity index (χ2n) is 5.03. The van der Waals surface area contributed by atoms with Gasteiger partial charge in [0, 0.05) is 0 Å². The number of benzene rings is 1. The molecule has 18 heavy (non-hydrogen) atoms. The average molecular weight is 247 g/mol. The fraction of sp³-hybridized carbons (Fsp3) is 0.562. The van der Waals surface area contributed by atoms with E-state index in [-0.39, 0.29) is 0 Å². The molecule has 1 saturated carbocycles. The van der Waals surface area contributed by atoms with E-state index in [9.17, 15) is 0 Å². The van der Waals surface area contributed by atoms with Crippen molar-refractivity contribution in [3.05, 3.63) is 30.7 Å². The molecule has 99 valence electrons. The van der Waals surface area contributed by atoms with E-state index >= 15 is 0 Å². The van der Waals surface area contributed by atoms with Crippen LogP contribution in [0.5, 0.6) is 11.5 Å². The Morgan fingerprint density at radius 3 is 2.61 bits per heavy atom. The second kappa shape index (κ2) is 6.67. The summed E-state index contributed by atoms with van der Waals surface area (Å²) in [4.78, 5) is 0. The number of rotatable bonds is 5. The van der Waals surface area contributed by atoms with Crippen LogP contribution in [0.25, 0.3) is 0 Å². The van der Waals surface area contributed by atoms with Crippen molar-refractivity contribution in [2.75, 3.05) is 13.2 Å². The van der Waals surface area contributed by atoms with Crippen molar-refractivity contribution in [3.8, 4) is 11.5 Å². The van der Waals surface area contributed by atoms with Crippen LogP contribution in [0.2, 0.25) is 0 Å². The highest BCUT2D eigenvalue weighted by Crippen LogP contribution is 2.30. The van der Waals surface area contributed by atoms with Crippen molar-refractivity contribution in [2.24, 2.45) is 5.92 Å². The van der Waals surface area contributed by atoms with E-state index in [0.717, 1.165) is 23.7 Å². The molecular weight excluding hydrogens is 224 g/mol. The first kappa shape index (κ1) is 13.3. The number of hydrogen-bond acceptors (Lipinski definition) is 2. The minimum atomic E-state index is 0.656. The molecule has 1 aliphatic rings. The lowest BCUT2D eigenvalue weighted by molar-refractivity contribution is 0.199. The predicted octanol–water partition coefficient (Wildman–Crippen LogP) is 4.23. The summed E-state index contributed by atoms with van der Waals surface area (Å²) in [7, 11) is 0. The van der Waals surface area contributed by atoms with E-state index in [4.69, 9.17) is 9.47 Å². The van der Waals surface area contributed by atoms with Crippen LogP contribution in [0.1, 0.15) is 44.6 Å². The first-order valence-corrected chi connectivity index (χ1v) is 7.01. The first-order chi connectivity index (χ1) is 8.79. The Hall–Kier alpha value is -1.18. The van der Waals surface area contributed by atoms with E-state index in [1.807, 2.05) is 25.1 Å². The maximum atomic E-state index is 5.93. The van der Waals surface area contributed by atoms with Crippen molar-refractivity contribution in [2.45, 2.75) is 39.0 Å². The highest BCUT2D eigenvalue weighted by molar-refractivity contribution is 5.43. The first-order valence-electron chi connectivity index (χ1n) is 7.01. The van der Waals surface area contributed by atoms with Crippen LogP contribution in [-0.2, 0) is 0 Å². The van der Waals surface area contributed by atoms with Crippen molar-refractivity contribution >= 4 is 0 Å².